The Morgan fingerprint density at radius 2 is 1.52 bits per heavy atom. The summed E-state index contributed by atoms with van der Waals surface area (Å²) in [5, 5.41) is 0. The second-order valence-corrected chi connectivity index (χ2v) is 6.48. The van der Waals surface area contributed by atoms with Crippen LogP contribution in [0.4, 0.5) is 0 Å². The van der Waals surface area contributed by atoms with Crippen molar-refractivity contribution < 1.29 is 4.79 Å². The molecule has 1 amide bonds. The number of carbonyl (C=O) groups excluding carboxylic acids is 1. The van der Waals surface area contributed by atoms with Crippen LogP contribution in [0.1, 0.15) is 16.7 Å². The highest BCUT2D eigenvalue weighted by Gasteiger charge is 2.50. The summed E-state index contributed by atoms with van der Waals surface area (Å²) in [6, 6.07) is 23.1. The molecule has 0 unspecified atom stereocenters. The highest BCUT2D eigenvalue weighted by Crippen LogP contribution is 2.39. The van der Waals surface area contributed by atoms with Crippen molar-refractivity contribution in [2.24, 2.45) is 10.7 Å². The molecule has 0 radical (unpaired) electrons. The number of amides is 1. The number of rotatable bonds is 5. The number of pyridine rings is 1. The first-order chi connectivity index (χ1) is 13.2. The van der Waals surface area contributed by atoms with Crippen molar-refractivity contribution in [3.05, 3.63) is 102 Å². The van der Waals surface area contributed by atoms with E-state index in [0.717, 1.165) is 16.7 Å². The lowest BCUT2D eigenvalue weighted by molar-refractivity contribution is -0.130. The van der Waals surface area contributed by atoms with Gasteiger partial charge in [0.1, 0.15) is 0 Å². The SMILES string of the molecule is NC1=NC(c2ccccc2)(c2ccccc2)C(=O)N1CCc1cccnc1. The average molecular weight is 356 g/mol. The van der Waals surface area contributed by atoms with Gasteiger partial charge in [0.05, 0.1) is 0 Å². The summed E-state index contributed by atoms with van der Waals surface area (Å²) in [5.41, 5.74) is 7.76. The Labute approximate surface area is 158 Å². The predicted molar refractivity (Wildman–Crippen MR) is 105 cm³/mol. The molecular weight excluding hydrogens is 336 g/mol. The molecule has 5 heteroatoms. The standard InChI is InChI=1S/C22H20N4O/c23-21-25-22(18-9-3-1-4-10-18,19-11-5-2-6-12-19)20(27)26(21)15-13-17-8-7-14-24-16-17/h1-12,14,16H,13,15H2,(H2,23,25). The molecule has 3 aromatic rings. The van der Waals surface area contributed by atoms with E-state index in [2.05, 4.69) is 4.98 Å². The number of nitrogens with two attached hydrogens (primary N) is 1. The first-order valence-electron chi connectivity index (χ1n) is 8.89. The molecule has 2 aromatic carbocycles. The normalized spacial score (nSPS) is 15.6. The maximum Gasteiger partial charge on any atom is 0.266 e. The molecule has 27 heavy (non-hydrogen) atoms. The van der Waals surface area contributed by atoms with Crippen molar-refractivity contribution in [1.82, 2.24) is 9.88 Å². The van der Waals surface area contributed by atoms with E-state index in [0.29, 0.717) is 13.0 Å². The summed E-state index contributed by atoms with van der Waals surface area (Å²) in [4.78, 5) is 24.0. The molecule has 2 N–H and O–H groups in total. The lowest BCUT2D eigenvalue weighted by atomic mass is 9.83. The van der Waals surface area contributed by atoms with E-state index in [-0.39, 0.29) is 11.9 Å². The van der Waals surface area contributed by atoms with Gasteiger partial charge < -0.3 is 5.73 Å². The van der Waals surface area contributed by atoms with Crippen LogP contribution in [0.3, 0.4) is 0 Å². The number of carbonyl (C=O) groups is 1. The van der Waals surface area contributed by atoms with Crippen LogP contribution in [0, 0.1) is 0 Å². The van der Waals surface area contributed by atoms with Gasteiger partial charge in [-0.3, -0.25) is 14.7 Å². The second-order valence-electron chi connectivity index (χ2n) is 6.48. The van der Waals surface area contributed by atoms with Crippen LogP contribution in [0.2, 0.25) is 0 Å². The minimum atomic E-state index is -1.14. The summed E-state index contributed by atoms with van der Waals surface area (Å²) < 4.78 is 0. The molecule has 5 nitrogen and oxygen atoms in total. The van der Waals surface area contributed by atoms with Gasteiger partial charge in [-0.1, -0.05) is 66.7 Å². The monoisotopic (exact) mass is 356 g/mol. The lowest BCUT2D eigenvalue weighted by Gasteiger charge is -2.27. The van der Waals surface area contributed by atoms with Gasteiger partial charge in [0.15, 0.2) is 11.5 Å². The fourth-order valence-electron chi connectivity index (χ4n) is 3.48. The van der Waals surface area contributed by atoms with Crippen molar-refractivity contribution in [1.29, 1.82) is 0 Å². The molecule has 1 aliphatic heterocycles. The number of benzene rings is 2. The van der Waals surface area contributed by atoms with E-state index in [1.54, 1.807) is 17.3 Å². The molecule has 1 aliphatic rings. The zero-order valence-electron chi connectivity index (χ0n) is 14.8. The molecule has 2 heterocycles. The number of aromatic nitrogens is 1. The number of guanidine groups is 1. The molecule has 0 atom stereocenters. The van der Waals surface area contributed by atoms with Gasteiger partial charge in [-0.15, -0.1) is 0 Å². The van der Waals surface area contributed by atoms with Crippen molar-refractivity contribution in [3.63, 3.8) is 0 Å². The van der Waals surface area contributed by atoms with Crippen LogP contribution >= 0.6 is 0 Å². The van der Waals surface area contributed by atoms with Gasteiger partial charge in [-0.25, -0.2) is 4.99 Å². The second kappa shape index (κ2) is 7.03. The van der Waals surface area contributed by atoms with Gasteiger partial charge in [0.25, 0.3) is 5.91 Å². The fourth-order valence-corrected chi connectivity index (χ4v) is 3.48. The minimum Gasteiger partial charge on any atom is -0.369 e. The van der Waals surface area contributed by atoms with Gasteiger partial charge in [-0.2, -0.15) is 0 Å². The third-order valence-electron chi connectivity index (χ3n) is 4.84. The Kier molecular flexibility index (Phi) is 4.42. The van der Waals surface area contributed by atoms with E-state index in [4.69, 9.17) is 10.7 Å². The average Bonchev–Trinajstić information content (AvgIpc) is 2.99. The summed E-state index contributed by atoms with van der Waals surface area (Å²) in [6.07, 6.45) is 4.20. The zero-order chi connectivity index (χ0) is 18.7. The molecule has 1 aromatic heterocycles. The topological polar surface area (TPSA) is 71.6 Å². The van der Waals surface area contributed by atoms with Crippen LogP contribution in [0.5, 0.6) is 0 Å². The van der Waals surface area contributed by atoms with Gasteiger partial charge in [-0.05, 0) is 29.2 Å². The summed E-state index contributed by atoms with van der Waals surface area (Å²) >= 11 is 0. The van der Waals surface area contributed by atoms with Crippen molar-refractivity contribution in [2.75, 3.05) is 6.54 Å². The third-order valence-corrected chi connectivity index (χ3v) is 4.84. The number of hydrogen-bond acceptors (Lipinski definition) is 4. The Hall–Kier alpha value is -3.47. The summed E-state index contributed by atoms with van der Waals surface area (Å²) in [7, 11) is 0. The van der Waals surface area contributed by atoms with Crippen molar-refractivity contribution in [2.45, 2.75) is 12.0 Å². The van der Waals surface area contributed by atoms with Crippen molar-refractivity contribution >= 4 is 11.9 Å². The van der Waals surface area contributed by atoms with Crippen LogP contribution < -0.4 is 5.73 Å². The predicted octanol–water partition coefficient (Wildman–Crippen LogP) is 2.72. The van der Waals surface area contributed by atoms with E-state index >= 15 is 0 Å². The number of nitrogens with zero attached hydrogens (tertiary/aromatic N) is 3. The number of aliphatic imine (C=N–C) groups is 1. The molecule has 0 spiro atoms. The van der Waals surface area contributed by atoms with Crippen LogP contribution in [0.25, 0.3) is 0 Å². The van der Waals surface area contributed by atoms with Gasteiger partial charge in [0, 0.05) is 18.9 Å². The molecule has 0 aliphatic carbocycles. The quantitative estimate of drug-likeness (QED) is 0.764. The third kappa shape index (κ3) is 2.97. The first kappa shape index (κ1) is 17.0. The molecule has 0 saturated heterocycles. The van der Waals surface area contributed by atoms with E-state index in [1.807, 2.05) is 72.8 Å². The largest absolute Gasteiger partial charge is 0.369 e. The summed E-state index contributed by atoms with van der Waals surface area (Å²) in [6.45, 7) is 0.460. The molecule has 134 valence electrons. The van der Waals surface area contributed by atoms with E-state index < -0.39 is 5.54 Å². The fraction of sp³-hybridized carbons (Fsp3) is 0.136. The first-order valence-corrected chi connectivity index (χ1v) is 8.89. The highest BCUT2D eigenvalue weighted by molar-refractivity contribution is 6.09. The van der Waals surface area contributed by atoms with Crippen LogP contribution in [-0.2, 0) is 16.8 Å². The van der Waals surface area contributed by atoms with Crippen LogP contribution in [-0.4, -0.2) is 28.3 Å². The maximum absolute atomic E-state index is 13.6. The minimum absolute atomic E-state index is 0.124. The van der Waals surface area contributed by atoms with E-state index in [1.165, 1.54) is 0 Å². The molecular formula is C22H20N4O. The molecule has 0 fully saturated rings. The molecule has 0 saturated carbocycles. The van der Waals surface area contributed by atoms with Crippen LogP contribution in [0.15, 0.2) is 90.2 Å². The van der Waals surface area contributed by atoms with Gasteiger partial charge >= 0.3 is 0 Å². The lowest BCUT2D eigenvalue weighted by Crippen LogP contribution is -2.44. The number of hydrogen-bond donors (Lipinski definition) is 1. The maximum atomic E-state index is 13.6. The zero-order valence-corrected chi connectivity index (χ0v) is 14.8. The summed E-state index contributed by atoms with van der Waals surface area (Å²) in [5.74, 6) is 0.123. The Bertz CT molecular complexity index is 916. The smallest absolute Gasteiger partial charge is 0.266 e. The highest BCUT2D eigenvalue weighted by atomic mass is 16.2. The van der Waals surface area contributed by atoms with E-state index in [9.17, 15) is 4.79 Å². The van der Waals surface area contributed by atoms with Gasteiger partial charge in [0.2, 0.25) is 0 Å². The molecule has 0 bridgehead atoms. The Balaban J connectivity index is 1.72. The Morgan fingerprint density at radius 1 is 0.889 bits per heavy atom. The molecule has 4 rings (SSSR count). The van der Waals surface area contributed by atoms with Crippen molar-refractivity contribution in [3.8, 4) is 0 Å². The Morgan fingerprint density at radius 3 is 2.07 bits per heavy atom.